The summed E-state index contributed by atoms with van der Waals surface area (Å²) in [5.41, 5.74) is 1.04. The lowest BCUT2D eigenvalue weighted by Crippen LogP contribution is -2.12. The van der Waals surface area contributed by atoms with Gasteiger partial charge in [-0.2, -0.15) is 0 Å². The summed E-state index contributed by atoms with van der Waals surface area (Å²) in [5.74, 6) is 0.867. The Hall–Kier alpha value is -1.03. The quantitative estimate of drug-likeness (QED) is 0.743. The van der Waals surface area contributed by atoms with Gasteiger partial charge < -0.3 is 10.1 Å². The van der Waals surface area contributed by atoms with Gasteiger partial charge in [-0.15, -0.1) is 11.3 Å². The molecule has 0 bridgehead atoms. The van der Waals surface area contributed by atoms with E-state index in [1.165, 1.54) is 9.75 Å². The molecule has 0 amide bonds. The topological polar surface area (TPSA) is 21.3 Å². The first-order valence-corrected chi connectivity index (χ1v) is 8.05. The second-order valence-electron chi connectivity index (χ2n) is 4.74. The van der Waals surface area contributed by atoms with Crippen LogP contribution in [0.3, 0.4) is 0 Å². The molecule has 0 unspecified atom stereocenters. The minimum Gasteiger partial charge on any atom is -0.488 e. The largest absolute Gasteiger partial charge is 0.488 e. The Labute approximate surface area is 129 Å². The average Bonchev–Trinajstić information content (AvgIpc) is 2.88. The number of thiophene rings is 1. The van der Waals surface area contributed by atoms with Crippen LogP contribution in [-0.2, 0) is 13.2 Å². The molecule has 1 N–H and O–H groups in total. The lowest BCUT2D eigenvalue weighted by atomic mass is 10.2. The third-order valence-corrected chi connectivity index (χ3v) is 4.44. The Morgan fingerprint density at radius 1 is 1.20 bits per heavy atom. The van der Waals surface area contributed by atoms with Crippen molar-refractivity contribution < 1.29 is 4.74 Å². The van der Waals surface area contributed by atoms with Gasteiger partial charge >= 0.3 is 0 Å². The summed E-state index contributed by atoms with van der Waals surface area (Å²) in [6.45, 7) is 6.78. The predicted octanol–water partition coefficient (Wildman–Crippen LogP) is 4.79. The third-order valence-electron chi connectivity index (χ3n) is 2.95. The summed E-state index contributed by atoms with van der Waals surface area (Å²) in [6, 6.07) is 10.1. The number of hydrogen-bond acceptors (Lipinski definition) is 3. The molecular weight excluding hydrogens is 290 g/mol. The Kier molecular flexibility index (Phi) is 5.89. The average molecular weight is 310 g/mol. The number of halogens is 1. The van der Waals surface area contributed by atoms with Gasteiger partial charge in [0.15, 0.2) is 0 Å². The number of hydrogen-bond donors (Lipinski definition) is 1. The van der Waals surface area contributed by atoms with Crippen LogP contribution in [0.15, 0.2) is 30.3 Å². The van der Waals surface area contributed by atoms with Crippen molar-refractivity contribution >= 4 is 22.9 Å². The lowest BCUT2D eigenvalue weighted by molar-refractivity contribution is 0.309. The SMILES string of the molecule is CCCNCc1ccc(COc2ccc(Cl)c(C)c2)s1. The molecule has 2 nitrogen and oxygen atoms in total. The van der Waals surface area contributed by atoms with E-state index in [1.54, 1.807) is 11.3 Å². The normalized spacial score (nSPS) is 10.8. The maximum absolute atomic E-state index is 6.00. The van der Waals surface area contributed by atoms with Gasteiger partial charge in [0.1, 0.15) is 12.4 Å². The first kappa shape index (κ1) is 15.4. The molecule has 1 heterocycles. The first-order chi connectivity index (χ1) is 9.69. The minimum absolute atomic E-state index is 0.611. The van der Waals surface area contributed by atoms with Gasteiger partial charge in [0.25, 0.3) is 0 Å². The lowest BCUT2D eigenvalue weighted by Gasteiger charge is -2.06. The minimum atomic E-state index is 0.611. The number of rotatable bonds is 7. The third kappa shape index (κ3) is 4.51. The fraction of sp³-hybridized carbons (Fsp3) is 0.375. The molecule has 1 aromatic carbocycles. The van der Waals surface area contributed by atoms with Gasteiger partial charge in [0.2, 0.25) is 0 Å². The van der Waals surface area contributed by atoms with Gasteiger partial charge in [-0.05, 0) is 55.8 Å². The molecule has 2 rings (SSSR count). The molecule has 0 saturated heterocycles. The maximum atomic E-state index is 6.00. The van der Waals surface area contributed by atoms with Crippen molar-refractivity contribution in [3.8, 4) is 5.75 Å². The molecule has 0 aliphatic carbocycles. The molecule has 20 heavy (non-hydrogen) atoms. The van der Waals surface area contributed by atoms with Crippen molar-refractivity contribution in [1.29, 1.82) is 0 Å². The van der Waals surface area contributed by atoms with Gasteiger partial charge in [-0.1, -0.05) is 18.5 Å². The predicted molar refractivity (Wildman–Crippen MR) is 86.8 cm³/mol. The van der Waals surface area contributed by atoms with Gasteiger partial charge in [0.05, 0.1) is 0 Å². The van der Waals surface area contributed by atoms with Crippen LogP contribution in [0.25, 0.3) is 0 Å². The highest BCUT2D eigenvalue weighted by Crippen LogP contribution is 2.23. The smallest absolute Gasteiger partial charge is 0.122 e. The summed E-state index contributed by atoms with van der Waals surface area (Å²) in [5, 5.41) is 4.18. The highest BCUT2D eigenvalue weighted by Gasteiger charge is 2.03. The summed E-state index contributed by atoms with van der Waals surface area (Å²) < 4.78 is 5.80. The zero-order chi connectivity index (χ0) is 14.4. The fourth-order valence-electron chi connectivity index (χ4n) is 1.84. The molecule has 0 atom stereocenters. The van der Waals surface area contributed by atoms with Crippen LogP contribution < -0.4 is 10.1 Å². The molecule has 0 spiro atoms. The Morgan fingerprint density at radius 2 is 2.00 bits per heavy atom. The number of ether oxygens (including phenoxy) is 1. The van der Waals surface area contributed by atoms with Crippen LogP contribution in [0.1, 0.15) is 28.7 Å². The highest BCUT2D eigenvalue weighted by atomic mass is 35.5. The van der Waals surface area contributed by atoms with Crippen molar-refractivity contribution in [3.63, 3.8) is 0 Å². The summed E-state index contributed by atoms with van der Waals surface area (Å²) in [6.07, 6.45) is 1.16. The van der Waals surface area contributed by atoms with E-state index in [-0.39, 0.29) is 0 Å². The molecule has 0 radical (unpaired) electrons. The van der Waals surface area contributed by atoms with Crippen molar-refractivity contribution in [2.24, 2.45) is 0 Å². The van der Waals surface area contributed by atoms with E-state index in [0.29, 0.717) is 6.61 Å². The summed E-state index contributed by atoms with van der Waals surface area (Å²) >= 11 is 7.80. The van der Waals surface area contributed by atoms with E-state index in [2.05, 4.69) is 24.4 Å². The van der Waals surface area contributed by atoms with Crippen molar-refractivity contribution in [2.45, 2.75) is 33.4 Å². The Bertz CT molecular complexity index is 553. The molecule has 0 aliphatic heterocycles. The van der Waals surface area contributed by atoms with Gasteiger partial charge in [0, 0.05) is 21.3 Å². The van der Waals surface area contributed by atoms with E-state index in [4.69, 9.17) is 16.3 Å². The molecule has 108 valence electrons. The van der Waals surface area contributed by atoms with Crippen molar-refractivity contribution in [2.75, 3.05) is 6.54 Å². The highest BCUT2D eigenvalue weighted by molar-refractivity contribution is 7.11. The molecular formula is C16H20ClNOS. The zero-order valence-corrected chi connectivity index (χ0v) is 13.5. The fourth-order valence-corrected chi connectivity index (χ4v) is 2.86. The van der Waals surface area contributed by atoms with E-state index in [1.807, 2.05) is 25.1 Å². The molecule has 4 heteroatoms. The van der Waals surface area contributed by atoms with Crippen molar-refractivity contribution in [3.05, 3.63) is 50.7 Å². The zero-order valence-electron chi connectivity index (χ0n) is 11.9. The van der Waals surface area contributed by atoms with Crippen molar-refractivity contribution in [1.82, 2.24) is 5.32 Å². The Morgan fingerprint density at radius 3 is 2.75 bits per heavy atom. The van der Waals surface area contributed by atoms with Crippen LogP contribution >= 0.6 is 22.9 Å². The van der Waals surface area contributed by atoms with E-state index >= 15 is 0 Å². The molecule has 0 saturated carbocycles. The number of benzene rings is 1. The van der Waals surface area contributed by atoms with Gasteiger partial charge in [-0.3, -0.25) is 0 Å². The van der Waals surface area contributed by atoms with Crippen LogP contribution in [0.4, 0.5) is 0 Å². The van der Waals surface area contributed by atoms with E-state index in [0.717, 1.165) is 35.8 Å². The van der Waals surface area contributed by atoms with Crippen LogP contribution in [0.5, 0.6) is 5.75 Å². The number of nitrogens with one attached hydrogen (secondary N) is 1. The summed E-state index contributed by atoms with van der Waals surface area (Å²) in [7, 11) is 0. The van der Waals surface area contributed by atoms with E-state index < -0.39 is 0 Å². The molecule has 1 aromatic heterocycles. The van der Waals surface area contributed by atoms with Crippen LogP contribution in [0, 0.1) is 6.92 Å². The molecule has 0 aliphatic rings. The van der Waals surface area contributed by atoms with Crippen LogP contribution in [-0.4, -0.2) is 6.54 Å². The van der Waals surface area contributed by atoms with Crippen LogP contribution in [0.2, 0.25) is 5.02 Å². The van der Waals surface area contributed by atoms with Gasteiger partial charge in [-0.25, -0.2) is 0 Å². The molecule has 0 fully saturated rings. The Balaban J connectivity index is 1.85. The van der Waals surface area contributed by atoms with E-state index in [9.17, 15) is 0 Å². The number of aryl methyl sites for hydroxylation is 1. The maximum Gasteiger partial charge on any atom is 0.122 e. The second-order valence-corrected chi connectivity index (χ2v) is 6.40. The monoisotopic (exact) mass is 309 g/mol. The summed E-state index contributed by atoms with van der Waals surface area (Å²) in [4.78, 5) is 2.59. The molecule has 2 aromatic rings. The second kappa shape index (κ2) is 7.67. The first-order valence-electron chi connectivity index (χ1n) is 6.86. The standard InChI is InChI=1S/C16H20ClNOS/c1-3-8-18-10-14-5-6-15(20-14)11-19-13-4-7-16(17)12(2)9-13/h4-7,9,18H,3,8,10-11H2,1-2H3.